The molecule has 1 rings (SSSR count). The third kappa shape index (κ3) is 2.32. The summed E-state index contributed by atoms with van der Waals surface area (Å²) in [6.45, 7) is 0. The Morgan fingerprint density at radius 1 is 1.22 bits per heavy atom. The van der Waals surface area contributed by atoms with Crippen molar-refractivity contribution in [2.24, 2.45) is 3.95 Å². The van der Waals surface area contributed by atoms with Crippen molar-refractivity contribution >= 4 is 0 Å². The molecule has 0 bridgehead atoms. The fraction of sp³-hybridized carbons (Fsp3) is 0.143. The van der Waals surface area contributed by atoms with Crippen LogP contribution in [0, 0.1) is 0 Å². The van der Waals surface area contributed by atoms with Crippen LogP contribution in [0.3, 0.4) is 0 Å². The molecule has 0 saturated heterocycles. The third-order valence-electron chi connectivity index (χ3n) is 1.07. The van der Waals surface area contributed by atoms with Gasteiger partial charge in [0, 0.05) is 0 Å². The van der Waals surface area contributed by atoms with Crippen molar-refractivity contribution in [3.8, 4) is 0 Å². The van der Waals surface area contributed by atoms with Gasteiger partial charge in [-0.15, -0.1) is 0 Å². The summed E-state index contributed by atoms with van der Waals surface area (Å²) in [5.74, 6) is 0. The van der Waals surface area contributed by atoms with Gasteiger partial charge in [-0.1, -0.05) is 0 Å². The molecule has 1 aromatic carbocycles. The Balaban J connectivity index is 2.61. The predicted molar refractivity (Wildman–Crippen MR) is 34.3 cm³/mol. The van der Waals surface area contributed by atoms with Gasteiger partial charge in [-0.2, -0.15) is 0 Å². The molecule has 0 atom stereocenters. The van der Waals surface area contributed by atoms with Gasteiger partial charge in [0.2, 0.25) is 0 Å². The van der Waals surface area contributed by atoms with Gasteiger partial charge in [-0.25, -0.2) is 0 Å². The fourth-order valence-electron chi connectivity index (χ4n) is 0.656. The Hall–Kier alpha value is -0.0900. The standard InChI is InChI=1S/C7H9IN/c9-8-6-7-4-2-1-3-5-7/h1-5H,6,9H2/q-1. The molecule has 0 heterocycles. The van der Waals surface area contributed by atoms with E-state index in [1.807, 2.05) is 6.07 Å². The maximum atomic E-state index is 5.47. The zero-order valence-corrected chi connectivity index (χ0v) is 7.21. The molecule has 2 heteroatoms. The SMILES string of the molecule is N[I-]Cc1ccccc1. The van der Waals surface area contributed by atoms with Crippen LogP contribution < -0.4 is 25.4 Å². The van der Waals surface area contributed by atoms with E-state index in [1.165, 1.54) is 5.56 Å². The molecular formula is C7H9IN-. The predicted octanol–water partition coefficient (Wildman–Crippen LogP) is -1.85. The number of benzene rings is 1. The second kappa shape index (κ2) is 3.85. The van der Waals surface area contributed by atoms with Crippen LogP contribution in [0.25, 0.3) is 0 Å². The van der Waals surface area contributed by atoms with Gasteiger partial charge in [0.1, 0.15) is 0 Å². The second-order valence-electron chi connectivity index (χ2n) is 1.77. The minimum absolute atomic E-state index is 0.0712. The van der Waals surface area contributed by atoms with E-state index in [9.17, 15) is 0 Å². The van der Waals surface area contributed by atoms with Gasteiger partial charge in [0.05, 0.1) is 0 Å². The number of rotatable bonds is 2. The zero-order valence-electron chi connectivity index (χ0n) is 5.05. The Bertz CT molecular complexity index is 162. The van der Waals surface area contributed by atoms with Crippen molar-refractivity contribution < 1.29 is 21.5 Å². The first-order valence-electron chi connectivity index (χ1n) is 2.75. The first kappa shape index (κ1) is 7.02. The normalized spacial score (nSPS) is 9.89. The molecule has 0 radical (unpaired) electrons. The molecule has 0 aliphatic rings. The second-order valence-corrected chi connectivity index (χ2v) is 3.42. The van der Waals surface area contributed by atoms with Gasteiger partial charge in [-0.05, 0) is 0 Å². The Morgan fingerprint density at radius 3 is 2.44 bits per heavy atom. The minimum atomic E-state index is -0.0712. The number of alkyl halides is 1. The van der Waals surface area contributed by atoms with E-state index in [0.29, 0.717) is 0 Å². The van der Waals surface area contributed by atoms with E-state index in [-0.39, 0.29) is 21.5 Å². The third-order valence-corrected chi connectivity index (χ3v) is 2.40. The topological polar surface area (TPSA) is 26.0 Å². The summed E-state index contributed by atoms with van der Waals surface area (Å²) in [4.78, 5) is 0. The molecular weight excluding hydrogens is 225 g/mol. The monoisotopic (exact) mass is 234 g/mol. The van der Waals surface area contributed by atoms with E-state index in [1.54, 1.807) is 0 Å². The molecule has 1 aromatic rings. The summed E-state index contributed by atoms with van der Waals surface area (Å²) in [7, 11) is 0. The van der Waals surface area contributed by atoms with Crippen LogP contribution in [-0.4, -0.2) is 0 Å². The average molecular weight is 234 g/mol. The Kier molecular flexibility index (Phi) is 3.00. The van der Waals surface area contributed by atoms with E-state index in [4.69, 9.17) is 3.95 Å². The molecule has 0 unspecified atom stereocenters. The first-order valence-corrected chi connectivity index (χ1v) is 5.52. The van der Waals surface area contributed by atoms with Crippen molar-refractivity contribution in [2.75, 3.05) is 0 Å². The zero-order chi connectivity index (χ0) is 6.53. The Labute approximate surface area is 65.9 Å². The average Bonchev–Trinajstić information content (AvgIpc) is 1.91. The van der Waals surface area contributed by atoms with Gasteiger partial charge in [0.15, 0.2) is 0 Å². The van der Waals surface area contributed by atoms with Gasteiger partial charge in [-0.3, -0.25) is 0 Å². The van der Waals surface area contributed by atoms with Gasteiger partial charge in [0.25, 0.3) is 0 Å². The van der Waals surface area contributed by atoms with E-state index >= 15 is 0 Å². The van der Waals surface area contributed by atoms with Crippen molar-refractivity contribution in [3.63, 3.8) is 0 Å². The first-order chi connectivity index (χ1) is 4.43. The van der Waals surface area contributed by atoms with Crippen molar-refractivity contribution in [1.82, 2.24) is 0 Å². The summed E-state index contributed by atoms with van der Waals surface area (Å²) < 4.78 is 6.57. The van der Waals surface area contributed by atoms with Crippen molar-refractivity contribution in [3.05, 3.63) is 35.9 Å². The van der Waals surface area contributed by atoms with Crippen LogP contribution in [0.4, 0.5) is 0 Å². The molecule has 9 heavy (non-hydrogen) atoms. The van der Waals surface area contributed by atoms with Crippen LogP contribution in [-0.2, 0) is 4.43 Å². The molecule has 50 valence electrons. The van der Waals surface area contributed by atoms with Crippen LogP contribution in [0.15, 0.2) is 30.3 Å². The summed E-state index contributed by atoms with van der Waals surface area (Å²) in [6, 6.07) is 10.4. The number of nitrogens with two attached hydrogens (primary N) is 1. The van der Waals surface area contributed by atoms with Gasteiger partial charge < -0.3 is 0 Å². The fourth-order valence-corrected chi connectivity index (χ4v) is 1.67. The molecule has 0 saturated carbocycles. The summed E-state index contributed by atoms with van der Waals surface area (Å²) in [5, 5.41) is 0. The summed E-state index contributed by atoms with van der Waals surface area (Å²) in [6.07, 6.45) is 0. The quantitative estimate of drug-likeness (QED) is 0.363. The number of hydrogen-bond donors (Lipinski definition) is 1. The van der Waals surface area contributed by atoms with E-state index < -0.39 is 0 Å². The molecule has 0 aromatic heterocycles. The molecule has 0 aliphatic heterocycles. The van der Waals surface area contributed by atoms with Crippen molar-refractivity contribution in [2.45, 2.75) is 4.43 Å². The van der Waals surface area contributed by atoms with Crippen molar-refractivity contribution in [1.29, 1.82) is 0 Å². The maximum absolute atomic E-state index is 5.47. The van der Waals surface area contributed by atoms with E-state index in [2.05, 4.69) is 24.3 Å². The number of halogens is 1. The van der Waals surface area contributed by atoms with Crippen LogP contribution in [0.1, 0.15) is 5.56 Å². The van der Waals surface area contributed by atoms with Crippen LogP contribution >= 0.6 is 0 Å². The number of hydrogen-bond acceptors (Lipinski definition) is 1. The molecule has 1 nitrogen and oxygen atoms in total. The van der Waals surface area contributed by atoms with Crippen LogP contribution in [0.2, 0.25) is 0 Å². The Morgan fingerprint density at radius 2 is 1.89 bits per heavy atom. The van der Waals surface area contributed by atoms with Gasteiger partial charge >= 0.3 is 65.7 Å². The van der Waals surface area contributed by atoms with Crippen LogP contribution in [0.5, 0.6) is 0 Å². The molecule has 0 fully saturated rings. The summed E-state index contributed by atoms with van der Waals surface area (Å²) >= 11 is -0.0712. The molecule has 0 spiro atoms. The summed E-state index contributed by atoms with van der Waals surface area (Å²) in [5.41, 5.74) is 1.37. The molecule has 0 amide bonds. The molecule has 2 N–H and O–H groups in total. The molecule has 0 aliphatic carbocycles. The van der Waals surface area contributed by atoms with E-state index in [0.717, 1.165) is 4.43 Å².